The largest absolute Gasteiger partial charge is 0.319 e. The van der Waals surface area contributed by atoms with Crippen molar-refractivity contribution in [3.63, 3.8) is 0 Å². The number of rotatable bonds is 2. The fourth-order valence-corrected chi connectivity index (χ4v) is 2.34. The van der Waals surface area contributed by atoms with E-state index in [4.69, 9.17) is 28.9 Å². The molecule has 1 unspecified atom stereocenters. The van der Waals surface area contributed by atoms with Crippen LogP contribution in [0.4, 0.5) is 0 Å². The summed E-state index contributed by atoms with van der Waals surface area (Å²) in [5, 5.41) is 5.36. The molecule has 0 aliphatic rings. The van der Waals surface area contributed by atoms with Crippen LogP contribution < -0.4 is 5.73 Å². The van der Waals surface area contributed by atoms with Crippen LogP contribution in [0, 0.1) is 6.92 Å². The molecule has 0 bridgehead atoms. The zero-order valence-electron chi connectivity index (χ0n) is 9.61. The molecule has 1 heterocycles. The van der Waals surface area contributed by atoms with Crippen LogP contribution in [0.25, 0.3) is 0 Å². The molecule has 1 aromatic carbocycles. The zero-order valence-corrected chi connectivity index (χ0v) is 11.1. The van der Waals surface area contributed by atoms with Gasteiger partial charge in [0, 0.05) is 12.1 Å². The highest BCUT2D eigenvalue weighted by Crippen LogP contribution is 2.30. The molecule has 1 aromatic heterocycles. The van der Waals surface area contributed by atoms with Crippen molar-refractivity contribution in [1.29, 1.82) is 0 Å². The van der Waals surface area contributed by atoms with Gasteiger partial charge in [0.05, 0.1) is 23.0 Å². The lowest BCUT2D eigenvalue weighted by Crippen LogP contribution is -2.17. The molecule has 0 fully saturated rings. The number of aromatic nitrogens is 2. The number of benzene rings is 1. The van der Waals surface area contributed by atoms with Crippen molar-refractivity contribution in [3.8, 4) is 0 Å². The summed E-state index contributed by atoms with van der Waals surface area (Å²) >= 11 is 12.2. The van der Waals surface area contributed by atoms with Gasteiger partial charge in [-0.2, -0.15) is 5.10 Å². The van der Waals surface area contributed by atoms with Gasteiger partial charge in [-0.05, 0) is 24.1 Å². The number of aryl methyl sites for hydroxylation is 1. The van der Waals surface area contributed by atoms with Gasteiger partial charge in [0.25, 0.3) is 0 Å². The molecule has 0 radical (unpaired) electrons. The summed E-state index contributed by atoms with van der Waals surface area (Å²) in [6.07, 6.45) is 1.59. The smallest absolute Gasteiger partial charge is 0.0837 e. The molecule has 1 atom stereocenters. The van der Waals surface area contributed by atoms with E-state index < -0.39 is 0 Å². The average molecular weight is 270 g/mol. The second kappa shape index (κ2) is 4.69. The lowest BCUT2D eigenvalue weighted by molar-refractivity contribution is 0.671. The van der Waals surface area contributed by atoms with E-state index in [2.05, 4.69) is 5.10 Å². The van der Waals surface area contributed by atoms with Crippen molar-refractivity contribution >= 4 is 23.2 Å². The first-order valence-corrected chi connectivity index (χ1v) is 5.96. The number of hydrogen-bond donors (Lipinski definition) is 1. The monoisotopic (exact) mass is 269 g/mol. The first kappa shape index (κ1) is 12.4. The molecule has 0 amide bonds. The van der Waals surface area contributed by atoms with Gasteiger partial charge >= 0.3 is 0 Å². The van der Waals surface area contributed by atoms with Crippen molar-refractivity contribution in [3.05, 3.63) is 51.3 Å². The van der Waals surface area contributed by atoms with E-state index in [1.54, 1.807) is 10.9 Å². The highest BCUT2D eigenvalue weighted by molar-refractivity contribution is 6.31. The highest BCUT2D eigenvalue weighted by atomic mass is 35.5. The molecule has 17 heavy (non-hydrogen) atoms. The third-order valence-electron chi connectivity index (χ3n) is 2.88. The standard InChI is InChI=1S/C12H13Cl2N3/c1-7-8(4-3-5-9(7)13)11(15)12-10(14)6-16-17(12)2/h3-6,11H,15H2,1-2H3. The van der Waals surface area contributed by atoms with E-state index in [-0.39, 0.29) is 6.04 Å². The molecule has 2 rings (SSSR count). The van der Waals surface area contributed by atoms with E-state index in [0.717, 1.165) is 16.8 Å². The van der Waals surface area contributed by atoms with Gasteiger partial charge in [0.2, 0.25) is 0 Å². The minimum Gasteiger partial charge on any atom is -0.319 e. The zero-order chi connectivity index (χ0) is 12.6. The van der Waals surface area contributed by atoms with Crippen molar-refractivity contribution in [1.82, 2.24) is 9.78 Å². The lowest BCUT2D eigenvalue weighted by Gasteiger charge is -2.16. The molecular formula is C12H13Cl2N3. The molecule has 0 saturated carbocycles. The molecule has 2 N–H and O–H groups in total. The third kappa shape index (κ3) is 2.18. The van der Waals surface area contributed by atoms with Crippen molar-refractivity contribution in [2.75, 3.05) is 0 Å². The number of hydrogen-bond acceptors (Lipinski definition) is 2. The van der Waals surface area contributed by atoms with Gasteiger partial charge in [-0.3, -0.25) is 4.68 Å². The quantitative estimate of drug-likeness (QED) is 0.911. The van der Waals surface area contributed by atoms with Gasteiger partial charge in [0.15, 0.2) is 0 Å². The van der Waals surface area contributed by atoms with Crippen LogP contribution in [-0.4, -0.2) is 9.78 Å². The van der Waals surface area contributed by atoms with Gasteiger partial charge in [0.1, 0.15) is 0 Å². The maximum Gasteiger partial charge on any atom is 0.0837 e. The Morgan fingerprint density at radius 2 is 2.00 bits per heavy atom. The Kier molecular flexibility index (Phi) is 3.43. The highest BCUT2D eigenvalue weighted by Gasteiger charge is 2.19. The minimum absolute atomic E-state index is 0.325. The third-order valence-corrected chi connectivity index (χ3v) is 3.58. The first-order chi connectivity index (χ1) is 8.02. The number of nitrogens with two attached hydrogens (primary N) is 1. The van der Waals surface area contributed by atoms with E-state index in [1.165, 1.54) is 0 Å². The van der Waals surface area contributed by atoms with Crippen LogP contribution in [-0.2, 0) is 7.05 Å². The Morgan fingerprint density at radius 3 is 2.59 bits per heavy atom. The Bertz CT molecular complexity index is 529. The molecular weight excluding hydrogens is 257 g/mol. The van der Waals surface area contributed by atoms with Gasteiger partial charge < -0.3 is 5.73 Å². The molecule has 0 saturated heterocycles. The molecule has 90 valence electrons. The lowest BCUT2D eigenvalue weighted by atomic mass is 9.99. The van der Waals surface area contributed by atoms with Crippen LogP contribution in [0.3, 0.4) is 0 Å². The Hall–Kier alpha value is -1.03. The summed E-state index contributed by atoms with van der Waals surface area (Å²) in [4.78, 5) is 0. The van der Waals surface area contributed by atoms with Gasteiger partial charge in [-0.25, -0.2) is 0 Å². The molecule has 2 aromatic rings. The molecule has 0 aliphatic carbocycles. The summed E-state index contributed by atoms with van der Waals surface area (Å²) in [6.45, 7) is 1.95. The average Bonchev–Trinajstić information content (AvgIpc) is 2.62. The molecule has 0 aliphatic heterocycles. The Morgan fingerprint density at radius 1 is 1.29 bits per heavy atom. The van der Waals surface area contributed by atoms with E-state index in [0.29, 0.717) is 10.0 Å². The Labute approximate surface area is 110 Å². The van der Waals surface area contributed by atoms with Gasteiger partial charge in [-0.1, -0.05) is 35.3 Å². The van der Waals surface area contributed by atoms with E-state index in [9.17, 15) is 0 Å². The van der Waals surface area contributed by atoms with E-state index >= 15 is 0 Å². The maximum absolute atomic E-state index is 6.23. The van der Waals surface area contributed by atoms with Crippen LogP contribution in [0.15, 0.2) is 24.4 Å². The summed E-state index contributed by atoms with van der Waals surface area (Å²) in [6, 6.07) is 5.36. The minimum atomic E-state index is -0.325. The van der Waals surface area contributed by atoms with Gasteiger partial charge in [-0.15, -0.1) is 0 Å². The predicted molar refractivity (Wildman–Crippen MR) is 70.4 cm³/mol. The SMILES string of the molecule is Cc1c(Cl)cccc1C(N)c1c(Cl)cnn1C. The van der Waals surface area contributed by atoms with Crippen molar-refractivity contribution < 1.29 is 0 Å². The van der Waals surface area contributed by atoms with Crippen molar-refractivity contribution in [2.24, 2.45) is 12.8 Å². The number of nitrogens with zero attached hydrogens (tertiary/aromatic N) is 2. The molecule has 0 spiro atoms. The van der Waals surface area contributed by atoms with Crippen LogP contribution in [0.1, 0.15) is 22.9 Å². The Balaban J connectivity index is 2.51. The summed E-state index contributed by atoms with van der Waals surface area (Å²) in [5.74, 6) is 0. The summed E-state index contributed by atoms with van der Waals surface area (Å²) in [7, 11) is 1.82. The fourth-order valence-electron chi connectivity index (χ4n) is 1.88. The van der Waals surface area contributed by atoms with E-state index in [1.807, 2.05) is 32.2 Å². The van der Waals surface area contributed by atoms with Crippen LogP contribution in [0.2, 0.25) is 10.0 Å². The molecule has 5 heteroatoms. The summed E-state index contributed by atoms with van der Waals surface area (Å²) < 4.78 is 1.69. The first-order valence-electron chi connectivity index (χ1n) is 5.20. The second-order valence-corrected chi connectivity index (χ2v) is 4.75. The number of halogens is 2. The predicted octanol–water partition coefficient (Wildman–Crippen LogP) is 3.08. The normalized spacial score (nSPS) is 12.8. The topological polar surface area (TPSA) is 43.8 Å². The maximum atomic E-state index is 6.23. The second-order valence-electron chi connectivity index (χ2n) is 3.93. The van der Waals surface area contributed by atoms with Crippen LogP contribution >= 0.6 is 23.2 Å². The van der Waals surface area contributed by atoms with Crippen LogP contribution in [0.5, 0.6) is 0 Å². The molecule has 3 nitrogen and oxygen atoms in total. The summed E-state index contributed by atoms with van der Waals surface area (Å²) in [5.41, 5.74) is 8.95. The van der Waals surface area contributed by atoms with Crippen molar-refractivity contribution in [2.45, 2.75) is 13.0 Å². The fraction of sp³-hybridized carbons (Fsp3) is 0.250.